The maximum Gasteiger partial charge on any atom is 0.337 e. The van der Waals surface area contributed by atoms with E-state index in [9.17, 15) is 18.4 Å². The van der Waals surface area contributed by atoms with Crippen molar-refractivity contribution in [1.82, 2.24) is 19.6 Å². The molecule has 0 radical (unpaired) electrons. The highest BCUT2D eigenvalue weighted by Crippen LogP contribution is 2.31. The monoisotopic (exact) mass is 512 g/mol. The Balaban J connectivity index is 1.25. The molecule has 1 fully saturated rings. The van der Waals surface area contributed by atoms with Crippen molar-refractivity contribution in [3.63, 3.8) is 0 Å². The Morgan fingerprint density at radius 1 is 1.17 bits per heavy atom. The largest absolute Gasteiger partial charge is 0.465 e. The summed E-state index contributed by atoms with van der Waals surface area (Å²) in [5, 5.41) is 2.96. The summed E-state index contributed by atoms with van der Waals surface area (Å²) in [6.07, 6.45) is 3.07. The van der Waals surface area contributed by atoms with E-state index in [1.165, 1.54) is 30.6 Å². The Kier molecular flexibility index (Phi) is 6.97. The number of amides is 1. The Labute approximate surface area is 210 Å². The molecule has 1 aliphatic heterocycles. The molecule has 7 nitrogen and oxygen atoms in total. The molecule has 1 aliphatic rings. The van der Waals surface area contributed by atoms with Gasteiger partial charge < -0.3 is 15.0 Å². The van der Waals surface area contributed by atoms with Crippen molar-refractivity contribution in [2.24, 2.45) is 0 Å². The third-order valence-electron chi connectivity index (χ3n) is 6.48. The van der Waals surface area contributed by atoms with Gasteiger partial charge in [-0.15, -0.1) is 0 Å². The summed E-state index contributed by atoms with van der Waals surface area (Å²) in [4.78, 5) is 31.7. The van der Waals surface area contributed by atoms with Crippen molar-refractivity contribution < 1.29 is 23.1 Å². The molecule has 188 valence electrons. The van der Waals surface area contributed by atoms with Crippen LogP contribution in [0.15, 0.2) is 42.6 Å². The zero-order chi connectivity index (χ0) is 25.2. The van der Waals surface area contributed by atoms with Gasteiger partial charge >= 0.3 is 5.97 Å². The number of esters is 1. The van der Waals surface area contributed by atoms with Gasteiger partial charge in [-0.25, -0.2) is 18.6 Å². The minimum atomic E-state index is -0.678. The third kappa shape index (κ3) is 4.96. The number of alkyl halides is 1. The summed E-state index contributed by atoms with van der Waals surface area (Å²) in [5.74, 6) is -1.30. The van der Waals surface area contributed by atoms with Crippen LogP contribution in [0.2, 0.25) is 0 Å². The summed E-state index contributed by atoms with van der Waals surface area (Å²) < 4.78 is 35.3. The fourth-order valence-corrected chi connectivity index (χ4v) is 5.52. The van der Waals surface area contributed by atoms with Gasteiger partial charge in [0.05, 0.1) is 28.6 Å². The molecule has 4 aromatic rings. The topological polar surface area (TPSA) is 75.9 Å². The van der Waals surface area contributed by atoms with Crippen LogP contribution in [0.4, 0.5) is 8.78 Å². The van der Waals surface area contributed by atoms with E-state index in [0.29, 0.717) is 35.6 Å². The zero-order valence-corrected chi connectivity index (χ0v) is 20.6. The summed E-state index contributed by atoms with van der Waals surface area (Å²) in [5.41, 5.74) is 2.31. The molecular formula is C26H26F2N4O3S. The first-order valence-electron chi connectivity index (χ1n) is 11.9. The number of benzene rings is 2. The van der Waals surface area contributed by atoms with E-state index < -0.39 is 18.0 Å². The number of carbonyl (C=O) groups is 2. The number of halogens is 2. The lowest BCUT2D eigenvalue weighted by Gasteiger charge is -2.28. The van der Waals surface area contributed by atoms with Gasteiger partial charge in [-0.2, -0.15) is 0 Å². The van der Waals surface area contributed by atoms with Crippen LogP contribution in [0.1, 0.15) is 40.0 Å². The fourth-order valence-electron chi connectivity index (χ4n) is 4.47. The first kappa shape index (κ1) is 24.3. The van der Waals surface area contributed by atoms with Crippen molar-refractivity contribution in [1.29, 1.82) is 0 Å². The normalized spacial score (nSPS) is 15.0. The van der Waals surface area contributed by atoms with E-state index in [1.54, 1.807) is 12.3 Å². The number of nitrogens with one attached hydrogen (secondary N) is 1. The van der Waals surface area contributed by atoms with Gasteiger partial charge in [-0.3, -0.25) is 9.20 Å². The second kappa shape index (κ2) is 10.3. The van der Waals surface area contributed by atoms with E-state index in [-0.39, 0.29) is 17.0 Å². The van der Waals surface area contributed by atoms with Gasteiger partial charge in [0.25, 0.3) is 5.91 Å². The molecule has 3 heterocycles. The van der Waals surface area contributed by atoms with E-state index >= 15 is 0 Å². The lowest BCUT2D eigenvalue weighted by molar-refractivity contribution is 0.0600. The molecule has 1 N–H and O–H groups in total. The van der Waals surface area contributed by atoms with Gasteiger partial charge in [0.1, 0.15) is 12.0 Å². The summed E-state index contributed by atoms with van der Waals surface area (Å²) in [6, 6.07) is 9.62. The molecule has 1 amide bonds. The molecular weight excluding hydrogens is 486 g/mol. The van der Waals surface area contributed by atoms with Crippen LogP contribution in [0, 0.1) is 5.82 Å². The second-order valence-corrected chi connectivity index (χ2v) is 9.88. The molecule has 0 aliphatic carbocycles. The molecule has 36 heavy (non-hydrogen) atoms. The predicted molar refractivity (Wildman–Crippen MR) is 135 cm³/mol. The second-order valence-electron chi connectivity index (χ2n) is 8.88. The van der Waals surface area contributed by atoms with Gasteiger partial charge in [-0.1, -0.05) is 11.3 Å². The number of rotatable bonds is 7. The lowest BCUT2D eigenvalue weighted by atomic mass is 10.1. The fraction of sp³-hybridized carbons (Fsp3) is 0.346. The Bertz CT molecular complexity index is 1430. The first-order chi connectivity index (χ1) is 17.4. The molecule has 1 saturated heterocycles. The SMILES string of the molecule is COC(=O)c1ccc(-c2cn3c(n2)sc2cc(C(=O)NCCCN4CCC(F)CC4)ccc23)c(F)c1. The molecule has 5 rings (SSSR count). The average molecular weight is 513 g/mol. The number of fused-ring (bicyclic) bond motifs is 3. The van der Waals surface area contributed by atoms with E-state index in [2.05, 4.69) is 19.9 Å². The smallest absolute Gasteiger partial charge is 0.337 e. The first-order valence-corrected chi connectivity index (χ1v) is 12.7. The number of ether oxygens (including phenoxy) is 1. The van der Waals surface area contributed by atoms with Crippen molar-refractivity contribution in [2.45, 2.75) is 25.4 Å². The number of aromatic nitrogens is 2. The van der Waals surface area contributed by atoms with Crippen LogP contribution < -0.4 is 5.32 Å². The van der Waals surface area contributed by atoms with E-state index in [4.69, 9.17) is 0 Å². The van der Waals surface area contributed by atoms with E-state index in [0.717, 1.165) is 42.3 Å². The van der Waals surface area contributed by atoms with Crippen molar-refractivity contribution >= 4 is 38.4 Å². The number of thiazole rings is 1. The van der Waals surface area contributed by atoms with E-state index in [1.807, 2.05) is 16.5 Å². The quantitative estimate of drug-likeness (QED) is 0.287. The zero-order valence-electron chi connectivity index (χ0n) is 19.8. The van der Waals surface area contributed by atoms with Gasteiger partial charge in [0, 0.05) is 37.0 Å². The number of imidazole rings is 1. The molecule has 0 atom stereocenters. The van der Waals surface area contributed by atoms with Crippen molar-refractivity contribution in [3.8, 4) is 11.3 Å². The average Bonchev–Trinajstić information content (AvgIpc) is 3.44. The maximum atomic E-state index is 14.7. The number of likely N-dealkylation sites (tertiary alicyclic amines) is 1. The standard InChI is InChI=1S/C26H26F2N4O3S/c1-35-25(34)17-3-5-19(20(28)13-17)21-15-32-22-6-4-16(14-23(22)36-26(32)30-21)24(33)29-9-2-10-31-11-7-18(27)8-12-31/h3-6,13-15,18H,2,7-12H2,1H3,(H,29,33). The van der Waals surface area contributed by atoms with Crippen LogP contribution in [0.5, 0.6) is 0 Å². The number of hydrogen-bond donors (Lipinski definition) is 1. The van der Waals surface area contributed by atoms with Crippen molar-refractivity contribution in [3.05, 3.63) is 59.5 Å². The number of carbonyl (C=O) groups excluding carboxylic acids is 2. The summed E-state index contributed by atoms with van der Waals surface area (Å²) in [6.45, 7) is 2.96. The Morgan fingerprint density at radius 3 is 2.69 bits per heavy atom. The summed E-state index contributed by atoms with van der Waals surface area (Å²) in [7, 11) is 1.25. The highest BCUT2D eigenvalue weighted by molar-refractivity contribution is 7.23. The predicted octanol–water partition coefficient (Wildman–Crippen LogP) is 4.70. The van der Waals surface area contributed by atoms with Gasteiger partial charge in [0.2, 0.25) is 0 Å². The molecule has 0 unspecified atom stereocenters. The maximum absolute atomic E-state index is 14.7. The molecule has 2 aromatic carbocycles. The molecule has 0 spiro atoms. The Morgan fingerprint density at radius 2 is 1.94 bits per heavy atom. The van der Waals surface area contributed by atoms with Gasteiger partial charge in [-0.05, 0) is 62.2 Å². The van der Waals surface area contributed by atoms with Crippen LogP contribution in [0.25, 0.3) is 26.4 Å². The van der Waals surface area contributed by atoms with Crippen LogP contribution >= 0.6 is 11.3 Å². The Hall–Kier alpha value is -3.37. The molecule has 10 heteroatoms. The van der Waals surface area contributed by atoms with Crippen molar-refractivity contribution in [2.75, 3.05) is 33.3 Å². The number of methoxy groups -OCH3 is 1. The van der Waals surface area contributed by atoms with Crippen LogP contribution in [-0.4, -0.2) is 65.6 Å². The molecule has 0 bridgehead atoms. The number of piperidine rings is 1. The highest BCUT2D eigenvalue weighted by Gasteiger charge is 2.18. The number of hydrogen-bond acceptors (Lipinski definition) is 6. The minimum Gasteiger partial charge on any atom is -0.465 e. The molecule has 0 saturated carbocycles. The summed E-state index contributed by atoms with van der Waals surface area (Å²) >= 11 is 1.41. The lowest BCUT2D eigenvalue weighted by Crippen LogP contribution is -2.36. The number of nitrogens with zero attached hydrogens (tertiary/aromatic N) is 3. The van der Waals surface area contributed by atoms with Gasteiger partial charge in [0.15, 0.2) is 4.96 Å². The highest BCUT2D eigenvalue weighted by atomic mass is 32.1. The van der Waals surface area contributed by atoms with Crippen LogP contribution in [0.3, 0.4) is 0 Å². The van der Waals surface area contributed by atoms with Crippen LogP contribution in [-0.2, 0) is 4.74 Å². The third-order valence-corrected chi connectivity index (χ3v) is 7.49. The molecule has 2 aromatic heterocycles. The minimum absolute atomic E-state index is 0.137.